The molecule has 76 valence electrons. The molecule has 0 saturated carbocycles. The van der Waals surface area contributed by atoms with Crippen molar-refractivity contribution in [2.24, 2.45) is 5.92 Å². The molecule has 2 unspecified atom stereocenters. The Labute approximate surface area is 86.1 Å². The third kappa shape index (κ3) is 3.32. The van der Waals surface area contributed by atoms with Gasteiger partial charge in [0.2, 0.25) is 0 Å². The SMILES string of the molecule is CC1CCC(/C=C(\CCl)C(C)C)O1. The second-order valence-electron chi connectivity index (χ2n) is 4.09. The maximum Gasteiger partial charge on any atom is 0.0763 e. The first-order valence-electron chi connectivity index (χ1n) is 5.05. The highest BCUT2D eigenvalue weighted by molar-refractivity contribution is 6.19. The van der Waals surface area contributed by atoms with E-state index in [4.69, 9.17) is 16.3 Å². The van der Waals surface area contributed by atoms with E-state index in [1.807, 2.05) is 0 Å². The normalized spacial score (nSPS) is 30.1. The quantitative estimate of drug-likeness (QED) is 0.504. The molecule has 1 heterocycles. The lowest BCUT2D eigenvalue weighted by Crippen LogP contribution is -2.08. The van der Waals surface area contributed by atoms with E-state index in [1.165, 1.54) is 12.0 Å². The Morgan fingerprint density at radius 3 is 2.62 bits per heavy atom. The average Bonchev–Trinajstić information content (AvgIpc) is 2.46. The Morgan fingerprint density at radius 1 is 1.54 bits per heavy atom. The lowest BCUT2D eigenvalue weighted by Gasteiger charge is -2.12. The van der Waals surface area contributed by atoms with Crippen LogP contribution in [0.4, 0.5) is 0 Å². The van der Waals surface area contributed by atoms with Gasteiger partial charge in [0.1, 0.15) is 0 Å². The molecule has 0 radical (unpaired) electrons. The van der Waals surface area contributed by atoms with Crippen LogP contribution in [0.15, 0.2) is 11.6 Å². The van der Waals surface area contributed by atoms with Gasteiger partial charge in [0.15, 0.2) is 0 Å². The van der Waals surface area contributed by atoms with Gasteiger partial charge < -0.3 is 4.74 Å². The van der Waals surface area contributed by atoms with Crippen LogP contribution in [0.5, 0.6) is 0 Å². The number of allylic oxidation sites excluding steroid dienone is 1. The maximum atomic E-state index is 5.85. The van der Waals surface area contributed by atoms with E-state index in [0.717, 1.165) is 6.42 Å². The maximum absolute atomic E-state index is 5.85. The molecule has 1 aliphatic heterocycles. The summed E-state index contributed by atoms with van der Waals surface area (Å²) in [5.74, 6) is 1.17. The second-order valence-corrected chi connectivity index (χ2v) is 4.36. The van der Waals surface area contributed by atoms with Crippen LogP contribution in [0.2, 0.25) is 0 Å². The van der Waals surface area contributed by atoms with Crippen LogP contribution in [0, 0.1) is 5.92 Å². The molecule has 0 spiro atoms. The van der Waals surface area contributed by atoms with Crippen molar-refractivity contribution < 1.29 is 4.74 Å². The first-order chi connectivity index (χ1) is 6.13. The van der Waals surface area contributed by atoms with E-state index in [2.05, 4.69) is 26.8 Å². The summed E-state index contributed by atoms with van der Waals surface area (Å²) in [6.45, 7) is 6.47. The summed E-state index contributed by atoms with van der Waals surface area (Å²) < 4.78 is 5.71. The van der Waals surface area contributed by atoms with Crippen molar-refractivity contribution in [1.29, 1.82) is 0 Å². The van der Waals surface area contributed by atoms with Crippen molar-refractivity contribution in [3.63, 3.8) is 0 Å². The highest BCUT2D eigenvalue weighted by atomic mass is 35.5. The highest BCUT2D eigenvalue weighted by Gasteiger charge is 2.20. The summed E-state index contributed by atoms with van der Waals surface area (Å²) in [5, 5.41) is 0. The fraction of sp³-hybridized carbons (Fsp3) is 0.818. The third-order valence-electron chi connectivity index (χ3n) is 2.56. The molecule has 0 aliphatic carbocycles. The smallest absolute Gasteiger partial charge is 0.0763 e. The topological polar surface area (TPSA) is 9.23 Å². The van der Waals surface area contributed by atoms with Gasteiger partial charge in [-0.1, -0.05) is 25.5 Å². The molecule has 1 aliphatic rings. The molecule has 2 heteroatoms. The monoisotopic (exact) mass is 202 g/mol. The first kappa shape index (κ1) is 11.1. The van der Waals surface area contributed by atoms with Crippen molar-refractivity contribution in [3.05, 3.63) is 11.6 Å². The van der Waals surface area contributed by atoms with Crippen molar-refractivity contribution in [2.45, 2.75) is 45.8 Å². The molecule has 1 saturated heterocycles. The molecule has 0 amide bonds. The molecule has 0 aromatic carbocycles. The van der Waals surface area contributed by atoms with Gasteiger partial charge in [0.25, 0.3) is 0 Å². The van der Waals surface area contributed by atoms with Gasteiger partial charge in [-0.15, -0.1) is 11.6 Å². The largest absolute Gasteiger partial charge is 0.371 e. The Morgan fingerprint density at radius 2 is 2.23 bits per heavy atom. The number of ether oxygens (including phenoxy) is 1. The molecule has 0 aromatic heterocycles. The van der Waals surface area contributed by atoms with Crippen LogP contribution in [0.25, 0.3) is 0 Å². The molecular weight excluding hydrogens is 184 g/mol. The number of alkyl halides is 1. The van der Waals surface area contributed by atoms with Gasteiger partial charge in [0.05, 0.1) is 12.2 Å². The van der Waals surface area contributed by atoms with Crippen LogP contribution in [-0.2, 0) is 4.74 Å². The van der Waals surface area contributed by atoms with E-state index in [1.54, 1.807) is 0 Å². The molecule has 1 fully saturated rings. The molecule has 0 bridgehead atoms. The van der Waals surface area contributed by atoms with Crippen molar-refractivity contribution in [3.8, 4) is 0 Å². The highest BCUT2D eigenvalue weighted by Crippen LogP contribution is 2.23. The van der Waals surface area contributed by atoms with E-state index >= 15 is 0 Å². The predicted molar refractivity (Wildman–Crippen MR) is 57.2 cm³/mol. The Kier molecular flexibility index (Phi) is 4.27. The lowest BCUT2D eigenvalue weighted by molar-refractivity contribution is 0.0826. The predicted octanol–water partition coefficient (Wildman–Crippen LogP) is 3.38. The molecule has 13 heavy (non-hydrogen) atoms. The molecule has 1 nitrogen and oxygen atoms in total. The van der Waals surface area contributed by atoms with Crippen LogP contribution >= 0.6 is 11.6 Å². The summed E-state index contributed by atoms with van der Waals surface area (Å²) >= 11 is 5.85. The van der Waals surface area contributed by atoms with Crippen LogP contribution in [-0.4, -0.2) is 18.1 Å². The number of halogens is 1. The number of rotatable bonds is 3. The van der Waals surface area contributed by atoms with Crippen LogP contribution in [0.1, 0.15) is 33.6 Å². The van der Waals surface area contributed by atoms with Gasteiger partial charge in [-0.3, -0.25) is 0 Å². The summed E-state index contributed by atoms with van der Waals surface area (Å²) in [7, 11) is 0. The van der Waals surface area contributed by atoms with Gasteiger partial charge in [-0.25, -0.2) is 0 Å². The van der Waals surface area contributed by atoms with Gasteiger partial charge in [-0.05, 0) is 25.7 Å². The van der Waals surface area contributed by atoms with Gasteiger partial charge in [-0.2, -0.15) is 0 Å². The first-order valence-corrected chi connectivity index (χ1v) is 5.59. The third-order valence-corrected chi connectivity index (χ3v) is 2.87. The van der Waals surface area contributed by atoms with Crippen molar-refractivity contribution in [2.75, 3.05) is 5.88 Å². The lowest BCUT2D eigenvalue weighted by atomic mass is 10.0. The van der Waals surface area contributed by atoms with E-state index < -0.39 is 0 Å². The summed E-state index contributed by atoms with van der Waals surface area (Å²) in [6.07, 6.45) is 5.26. The van der Waals surface area contributed by atoms with E-state index in [-0.39, 0.29) is 0 Å². The fourth-order valence-corrected chi connectivity index (χ4v) is 1.98. The fourth-order valence-electron chi connectivity index (χ4n) is 1.59. The zero-order valence-corrected chi connectivity index (χ0v) is 9.47. The summed E-state index contributed by atoms with van der Waals surface area (Å²) in [4.78, 5) is 0. The zero-order chi connectivity index (χ0) is 9.84. The minimum atomic E-state index is 0.311. The molecular formula is C11H19ClO. The van der Waals surface area contributed by atoms with Crippen molar-refractivity contribution >= 4 is 11.6 Å². The number of hydrogen-bond donors (Lipinski definition) is 0. The van der Waals surface area contributed by atoms with Gasteiger partial charge in [0, 0.05) is 5.88 Å². The van der Waals surface area contributed by atoms with E-state index in [9.17, 15) is 0 Å². The molecule has 0 N–H and O–H groups in total. The van der Waals surface area contributed by atoms with Crippen LogP contribution < -0.4 is 0 Å². The molecule has 1 rings (SSSR count). The molecule has 0 aromatic rings. The Hall–Kier alpha value is -0.0100. The minimum absolute atomic E-state index is 0.311. The minimum Gasteiger partial charge on any atom is -0.371 e. The standard InChI is InChI=1S/C11H19ClO/c1-8(2)10(7-12)6-11-5-4-9(3)13-11/h6,8-9,11H,4-5,7H2,1-3H3/b10-6+. The Bertz CT molecular complexity index is 187. The van der Waals surface area contributed by atoms with Crippen LogP contribution in [0.3, 0.4) is 0 Å². The zero-order valence-electron chi connectivity index (χ0n) is 8.72. The molecule has 2 atom stereocenters. The van der Waals surface area contributed by atoms with Gasteiger partial charge >= 0.3 is 0 Å². The summed E-state index contributed by atoms with van der Waals surface area (Å²) in [6, 6.07) is 0. The van der Waals surface area contributed by atoms with Crippen molar-refractivity contribution in [1.82, 2.24) is 0 Å². The Balaban J connectivity index is 2.52. The average molecular weight is 203 g/mol. The number of hydrogen-bond acceptors (Lipinski definition) is 1. The summed E-state index contributed by atoms with van der Waals surface area (Å²) in [5.41, 5.74) is 1.31. The second kappa shape index (κ2) is 5.02. The van der Waals surface area contributed by atoms with E-state index in [0.29, 0.717) is 24.0 Å².